The Labute approximate surface area is 159 Å². The first-order valence-electron chi connectivity index (χ1n) is 9.06. The van der Waals surface area contributed by atoms with Crippen molar-refractivity contribution in [3.05, 3.63) is 89.1 Å². The number of rotatable bonds is 5. The molecule has 0 unspecified atom stereocenters. The van der Waals surface area contributed by atoms with Crippen LogP contribution in [0.4, 0.5) is 0 Å². The lowest BCUT2D eigenvalue weighted by Gasteiger charge is -2.14. The van der Waals surface area contributed by atoms with Crippen LogP contribution in [0, 0.1) is 0 Å². The van der Waals surface area contributed by atoms with E-state index in [2.05, 4.69) is 34.0 Å². The number of allylic oxidation sites excluding steroid dienone is 4. The average Bonchev–Trinajstić information content (AvgIpc) is 3.05. The molecule has 0 saturated heterocycles. The number of nitrogens with one attached hydrogen (secondary N) is 2. The monoisotopic (exact) mass is 363 g/mol. The molecule has 0 bridgehead atoms. The molecule has 0 spiro atoms. The van der Waals surface area contributed by atoms with Crippen LogP contribution in [0.1, 0.15) is 49.0 Å². The first kappa shape index (κ1) is 18.7. The van der Waals surface area contributed by atoms with E-state index in [4.69, 9.17) is 4.52 Å². The van der Waals surface area contributed by atoms with Crippen molar-refractivity contribution >= 4 is 5.91 Å². The van der Waals surface area contributed by atoms with Gasteiger partial charge in [-0.3, -0.25) is 4.79 Å². The van der Waals surface area contributed by atoms with E-state index in [1.807, 2.05) is 57.2 Å². The van der Waals surface area contributed by atoms with E-state index >= 15 is 0 Å². The fourth-order valence-corrected chi connectivity index (χ4v) is 2.64. The number of hydrogen-bond acceptors (Lipinski definition) is 4. The standard InChI is InChI=1S/C22H25N3O2/c1-22(2,3)20-14-19(25-27-20)21(26)24-18-13-9-5-8-12-17(18)23-15-16-10-6-4-7-11-16/h4-11,13-14,23H,12,15H2,1-3H3,(H,24,26). The minimum atomic E-state index is -0.283. The lowest BCUT2D eigenvalue weighted by molar-refractivity contribution is 0.0957. The predicted octanol–water partition coefficient (Wildman–Crippen LogP) is 4.22. The summed E-state index contributed by atoms with van der Waals surface area (Å²) in [6.07, 6.45) is 8.53. The minimum Gasteiger partial charge on any atom is -0.382 e. The van der Waals surface area contributed by atoms with Crippen LogP contribution in [-0.4, -0.2) is 11.1 Å². The molecular weight excluding hydrogens is 338 g/mol. The molecule has 5 nitrogen and oxygen atoms in total. The maximum atomic E-state index is 12.6. The summed E-state index contributed by atoms with van der Waals surface area (Å²) >= 11 is 0. The first-order valence-corrected chi connectivity index (χ1v) is 9.06. The van der Waals surface area contributed by atoms with Gasteiger partial charge in [0.05, 0.1) is 5.70 Å². The van der Waals surface area contributed by atoms with Gasteiger partial charge in [-0.2, -0.15) is 0 Å². The Bertz CT molecular complexity index is 884. The Morgan fingerprint density at radius 1 is 1.19 bits per heavy atom. The Balaban J connectivity index is 1.75. The molecule has 27 heavy (non-hydrogen) atoms. The zero-order valence-electron chi connectivity index (χ0n) is 16.0. The summed E-state index contributed by atoms with van der Waals surface area (Å²) < 4.78 is 5.32. The lowest BCUT2D eigenvalue weighted by Crippen LogP contribution is -2.27. The number of benzene rings is 1. The molecular formula is C22H25N3O2. The van der Waals surface area contributed by atoms with Crippen molar-refractivity contribution in [1.82, 2.24) is 15.8 Å². The molecule has 5 heteroatoms. The van der Waals surface area contributed by atoms with Gasteiger partial charge in [-0.05, 0) is 11.6 Å². The molecule has 3 rings (SSSR count). The fraction of sp³-hybridized carbons (Fsp3) is 0.273. The predicted molar refractivity (Wildman–Crippen MR) is 106 cm³/mol. The molecule has 1 aromatic carbocycles. The van der Waals surface area contributed by atoms with Crippen molar-refractivity contribution < 1.29 is 9.32 Å². The van der Waals surface area contributed by atoms with Gasteiger partial charge in [0.2, 0.25) is 0 Å². The normalized spacial score (nSPS) is 14.2. The third-order valence-corrected chi connectivity index (χ3v) is 4.24. The highest BCUT2D eigenvalue weighted by atomic mass is 16.5. The van der Waals surface area contributed by atoms with Gasteiger partial charge in [-0.15, -0.1) is 0 Å². The first-order chi connectivity index (χ1) is 12.9. The summed E-state index contributed by atoms with van der Waals surface area (Å²) in [5.41, 5.74) is 2.96. The zero-order valence-corrected chi connectivity index (χ0v) is 16.0. The topological polar surface area (TPSA) is 67.2 Å². The van der Waals surface area contributed by atoms with E-state index in [0.717, 1.165) is 11.4 Å². The number of carbonyl (C=O) groups excluding carboxylic acids is 1. The number of aromatic nitrogens is 1. The van der Waals surface area contributed by atoms with Crippen LogP contribution in [0.3, 0.4) is 0 Å². The van der Waals surface area contributed by atoms with Crippen LogP contribution in [-0.2, 0) is 12.0 Å². The van der Waals surface area contributed by atoms with Crippen LogP contribution in [0.15, 0.2) is 76.6 Å². The Morgan fingerprint density at radius 2 is 1.96 bits per heavy atom. The molecule has 2 N–H and O–H groups in total. The second-order valence-corrected chi connectivity index (χ2v) is 7.50. The second-order valence-electron chi connectivity index (χ2n) is 7.50. The maximum Gasteiger partial charge on any atom is 0.277 e. The molecule has 0 radical (unpaired) electrons. The minimum absolute atomic E-state index is 0.195. The Morgan fingerprint density at radius 3 is 2.67 bits per heavy atom. The molecule has 0 saturated carbocycles. The molecule has 1 aromatic heterocycles. The van der Waals surface area contributed by atoms with Gasteiger partial charge in [-0.1, -0.05) is 74.5 Å². The van der Waals surface area contributed by atoms with Crippen molar-refractivity contribution in [3.8, 4) is 0 Å². The zero-order chi connectivity index (χ0) is 19.3. The van der Waals surface area contributed by atoms with Gasteiger partial charge in [0.25, 0.3) is 5.91 Å². The van der Waals surface area contributed by atoms with Gasteiger partial charge < -0.3 is 15.2 Å². The van der Waals surface area contributed by atoms with Crippen molar-refractivity contribution in [3.63, 3.8) is 0 Å². The van der Waals surface area contributed by atoms with Crippen LogP contribution in [0.5, 0.6) is 0 Å². The SMILES string of the molecule is CC(C)(C)c1cc(C(=O)NC2=C(NCc3ccccc3)CC=CC=C2)no1. The van der Waals surface area contributed by atoms with Crippen LogP contribution >= 0.6 is 0 Å². The molecule has 2 aromatic rings. The third kappa shape index (κ3) is 4.97. The van der Waals surface area contributed by atoms with Gasteiger partial charge in [0.1, 0.15) is 5.76 Å². The summed E-state index contributed by atoms with van der Waals surface area (Å²) in [7, 11) is 0. The number of carbonyl (C=O) groups is 1. The summed E-state index contributed by atoms with van der Waals surface area (Å²) in [6, 6.07) is 11.9. The Hall–Kier alpha value is -3.08. The highest BCUT2D eigenvalue weighted by Gasteiger charge is 2.22. The van der Waals surface area contributed by atoms with E-state index < -0.39 is 0 Å². The van der Waals surface area contributed by atoms with Crippen molar-refractivity contribution in [2.75, 3.05) is 0 Å². The number of amides is 1. The molecule has 1 aliphatic carbocycles. The largest absolute Gasteiger partial charge is 0.382 e. The summed E-state index contributed by atoms with van der Waals surface area (Å²) in [4.78, 5) is 12.6. The molecule has 0 atom stereocenters. The van der Waals surface area contributed by atoms with Crippen molar-refractivity contribution in [2.45, 2.75) is 39.2 Å². The van der Waals surface area contributed by atoms with Crippen molar-refractivity contribution in [2.24, 2.45) is 0 Å². The summed E-state index contributed by atoms with van der Waals surface area (Å²) in [5.74, 6) is 0.400. The Kier molecular flexibility index (Phi) is 5.60. The van der Waals surface area contributed by atoms with E-state index in [0.29, 0.717) is 18.7 Å². The van der Waals surface area contributed by atoms with Gasteiger partial charge >= 0.3 is 0 Å². The average molecular weight is 363 g/mol. The van der Waals surface area contributed by atoms with Gasteiger partial charge in [-0.25, -0.2) is 0 Å². The second kappa shape index (κ2) is 8.08. The van der Waals surface area contributed by atoms with E-state index in [1.165, 1.54) is 5.56 Å². The van der Waals surface area contributed by atoms with E-state index in [9.17, 15) is 4.79 Å². The number of nitrogens with zero attached hydrogens (tertiary/aromatic N) is 1. The van der Waals surface area contributed by atoms with Crippen LogP contribution in [0.25, 0.3) is 0 Å². The lowest BCUT2D eigenvalue weighted by atomic mass is 9.93. The van der Waals surface area contributed by atoms with Crippen LogP contribution in [0.2, 0.25) is 0 Å². The smallest absolute Gasteiger partial charge is 0.277 e. The van der Waals surface area contributed by atoms with Crippen LogP contribution < -0.4 is 10.6 Å². The molecule has 1 heterocycles. The fourth-order valence-electron chi connectivity index (χ4n) is 2.64. The third-order valence-electron chi connectivity index (χ3n) is 4.24. The maximum absolute atomic E-state index is 12.6. The molecule has 1 amide bonds. The van der Waals surface area contributed by atoms with E-state index in [1.54, 1.807) is 6.07 Å². The summed E-state index contributed by atoms with van der Waals surface area (Å²) in [6.45, 7) is 6.74. The highest BCUT2D eigenvalue weighted by molar-refractivity contribution is 5.93. The number of hydrogen-bond donors (Lipinski definition) is 2. The van der Waals surface area contributed by atoms with E-state index in [-0.39, 0.29) is 17.0 Å². The van der Waals surface area contributed by atoms with Crippen molar-refractivity contribution in [1.29, 1.82) is 0 Å². The summed E-state index contributed by atoms with van der Waals surface area (Å²) in [5, 5.41) is 10.3. The molecule has 140 valence electrons. The molecule has 0 aliphatic heterocycles. The molecule has 1 aliphatic rings. The van der Waals surface area contributed by atoms with Gasteiger partial charge in [0.15, 0.2) is 5.69 Å². The highest BCUT2D eigenvalue weighted by Crippen LogP contribution is 2.23. The molecule has 0 fully saturated rings. The van der Waals surface area contributed by atoms with Gasteiger partial charge in [0, 0.05) is 30.1 Å². The quantitative estimate of drug-likeness (QED) is 0.835.